The van der Waals surface area contributed by atoms with E-state index in [0.29, 0.717) is 53.7 Å². The minimum absolute atomic E-state index is 0.235. The lowest BCUT2D eigenvalue weighted by Crippen LogP contribution is -2.37. The first-order valence-electron chi connectivity index (χ1n) is 12.3. The first-order valence-corrected chi connectivity index (χ1v) is 12.3. The summed E-state index contributed by atoms with van der Waals surface area (Å²) in [6.07, 6.45) is 4.87. The predicted molar refractivity (Wildman–Crippen MR) is 136 cm³/mol. The Kier molecular flexibility index (Phi) is 10.5. The van der Waals surface area contributed by atoms with Crippen LogP contribution in [0.2, 0.25) is 0 Å². The zero-order valence-electron chi connectivity index (χ0n) is 21.5. The van der Waals surface area contributed by atoms with E-state index < -0.39 is 11.5 Å². The summed E-state index contributed by atoms with van der Waals surface area (Å²) in [5, 5.41) is 11.5. The molecule has 7 heteroatoms. The Morgan fingerprint density at radius 1 is 1.06 bits per heavy atom. The third-order valence-corrected chi connectivity index (χ3v) is 6.31. The summed E-state index contributed by atoms with van der Waals surface area (Å²) >= 11 is 0. The van der Waals surface area contributed by atoms with Gasteiger partial charge in [-0.2, -0.15) is 0 Å². The molecule has 2 N–H and O–H groups in total. The molecule has 1 unspecified atom stereocenters. The Balaban J connectivity index is 2.73. The molecule has 0 spiro atoms. The summed E-state index contributed by atoms with van der Waals surface area (Å²) < 4.78 is 11.1. The number of aromatic hydroxyl groups is 1. The van der Waals surface area contributed by atoms with Gasteiger partial charge in [0, 0.05) is 18.8 Å². The molecule has 0 saturated heterocycles. The number of ether oxygens (including phenoxy) is 2. The summed E-state index contributed by atoms with van der Waals surface area (Å²) in [4.78, 5) is 31.3. The molecule has 2 rings (SSSR count). The third-order valence-electron chi connectivity index (χ3n) is 6.31. The van der Waals surface area contributed by atoms with Gasteiger partial charge < -0.3 is 24.5 Å². The zero-order valence-corrected chi connectivity index (χ0v) is 21.5. The number of aromatic amines is 1. The molecule has 1 atom stereocenters. The molecule has 0 fully saturated rings. The van der Waals surface area contributed by atoms with Crippen LogP contribution in [0.1, 0.15) is 75.9 Å². The number of hydrogen-bond acceptors (Lipinski definition) is 5. The molecule has 34 heavy (non-hydrogen) atoms. The molecule has 1 aromatic heterocycles. The Hall–Kier alpha value is -2.96. The van der Waals surface area contributed by atoms with Gasteiger partial charge in [-0.25, -0.2) is 0 Å². The van der Waals surface area contributed by atoms with Crippen LogP contribution in [0.3, 0.4) is 0 Å². The second kappa shape index (κ2) is 13.1. The fourth-order valence-corrected chi connectivity index (χ4v) is 4.07. The van der Waals surface area contributed by atoms with E-state index >= 15 is 0 Å². The summed E-state index contributed by atoms with van der Waals surface area (Å²) in [7, 11) is 3.08. The number of nitrogens with zero attached hydrogens (tertiary/aromatic N) is 1. The average Bonchev–Trinajstić information content (AvgIpc) is 2.84. The number of benzene rings is 1. The SMILES string of the molecule is CCCCc1[nH]c(=O)c(C(=O)N(CCC)CCC(C)CC)c(O)c1-c1c(OC)cccc1OC. The van der Waals surface area contributed by atoms with Gasteiger partial charge in [-0.1, -0.05) is 46.6 Å². The molecule has 0 aliphatic rings. The van der Waals surface area contributed by atoms with E-state index in [2.05, 4.69) is 25.8 Å². The van der Waals surface area contributed by atoms with Crippen LogP contribution in [0.4, 0.5) is 0 Å². The van der Waals surface area contributed by atoms with Crippen molar-refractivity contribution in [2.75, 3.05) is 27.3 Å². The van der Waals surface area contributed by atoms with Gasteiger partial charge in [0.25, 0.3) is 11.5 Å². The topological polar surface area (TPSA) is 91.9 Å². The predicted octanol–water partition coefficient (Wildman–Crippen LogP) is 5.40. The second-order valence-electron chi connectivity index (χ2n) is 8.77. The molecular weight excluding hydrogens is 432 g/mol. The maximum Gasteiger partial charge on any atom is 0.264 e. The summed E-state index contributed by atoms with van der Waals surface area (Å²) in [5.41, 5.74) is 0.647. The van der Waals surface area contributed by atoms with Crippen LogP contribution in [0.5, 0.6) is 17.2 Å². The highest BCUT2D eigenvalue weighted by Crippen LogP contribution is 2.44. The molecule has 0 aliphatic heterocycles. The van der Waals surface area contributed by atoms with Gasteiger partial charge in [-0.3, -0.25) is 9.59 Å². The fourth-order valence-electron chi connectivity index (χ4n) is 4.07. The van der Waals surface area contributed by atoms with Crippen LogP contribution in [-0.2, 0) is 6.42 Å². The van der Waals surface area contributed by atoms with Gasteiger partial charge in [-0.15, -0.1) is 0 Å². The number of H-pyrrole nitrogens is 1. The van der Waals surface area contributed by atoms with E-state index in [0.717, 1.165) is 32.1 Å². The molecule has 7 nitrogen and oxygen atoms in total. The van der Waals surface area contributed by atoms with Crippen LogP contribution in [-0.4, -0.2) is 48.2 Å². The zero-order chi connectivity index (χ0) is 25.3. The Bertz CT molecular complexity index is 993. The maximum atomic E-state index is 13.6. The van der Waals surface area contributed by atoms with E-state index in [-0.39, 0.29) is 11.3 Å². The van der Waals surface area contributed by atoms with E-state index in [1.807, 2.05) is 6.92 Å². The van der Waals surface area contributed by atoms with Crippen LogP contribution < -0.4 is 15.0 Å². The van der Waals surface area contributed by atoms with E-state index in [4.69, 9.17) is 9.47 Å². The molecule has 1 aromatic carbocycles. The number of methoxy groups -OCH3 is 2. The number of aryl methyl sites for hydroxylation is 1. The van der Waals surface area contributed by atoms with Crippen LogP contribution in [0.25, 0.3) is 11.1 Å². The smallest absolute Gasteiger partial charge is 0.264 e. The van der Waals surface area contributed by atoms with Crippen molar-refractivity contribution in [3.8, 4) is 28.4 Å². The van der Waals surface area contributed by atoms with Gasteiger partial charge in [0.05, 0.1) is 25.3 Å². The van der Waals surface area contributed by atoms with Crippen molar-refractivity contribution in [1.29, 1.82) is 0 Å². The Morgan fingerprint density at radius 2 is 1.71 bits per heavy atom. The minimum atomic E-state index is -0.573. The first kappa shape index (κ1) is 27.3. The molecule has 0 saturated carbocycles. The van der Waals surface area contributed by atoms with Gasteiger partial charge in [0.15, 0.2) is 0 Å². The Morgan fingerprint density at radius 3 is 2.24 bits per heavy atom. The van der Waals surface area contributed by atoms with Crippen molar-refractivity contribution < 1.29 is 19.4 Å². The molecule has 0 aliphatic carbocycles. The van der Waals surface area contributed by atoms with Crippen molar-refractivity contribution >= 4 is 5.91 Å². The molecule has 0 bridgehead atoms. The largest absolute Gasteiger partial charge is 0.506 e. The molecular formula is C27H40N2O5. The van der Waals surface area contributed by atoms with E-state index in [1.54, 1.807) is 23.1 Å². The highest BCUT2D eigenvalue weighted by molar-refractivity contribution is 6.00. The monoisotopic (exact) mass is 472 g/mol. The van der Waals surface area contributed by atoms with Crippen molar-refractivity contribution in [3.05, 3.63) is 39.8 Å². The summed E-state index contributed by atoms with van der Waals surface area (Å²) in [6.45, 7) is 9.36. The number of carbonyl (C=O) groups excluding carboxylic acids is 1. The quantitative estimate of drug-likeness (QED) is 0.407. The average molecular weight is 473 g/mol. The maximum absolute atomic E-state index is 13.6. The number of carbonyl (C=O) groups is 1. The van der Waals surface area contributed by atoms with Gasteiger partial charge in [-0.05, 0) is 43.7 Å². The van der Waals surface area contributed by atoms with E-state index in [1.165, 1.54) is 14.2 Å². The first-order chi connectivity index (χ1) is 16.3. The number of amides is 1. The molecule has 1 amide bonds. The number of unbranched alkanes of at least 4 members (excludes halogenated alkanes) is 1. The number of aromatic nitrogens is 1. The fraction of sp³-hybridized carbons (Fsp3) is 0.556. The van der Waals surface area contributed by atoms with Crippen LogP contribution in [0, 0.1) is 5.92 Å². The van der Waals surface area contributed by atoms with Crippen LogP contribution in [0.15, 0.2) is 23.0 Å². The van der Waals surface area contributed by atoms with Gasteiger partial charge in [0.2, 0.25) is 0 Å². The third kappa shape index (κ3) is 6.13. The lowest BCUT2D eigenvalue weighted by Gasteiger charge is -2.25. The van der Waals surface area contributed by atoms with Crippen molar-refractivity contribution in [2.45, 2.75) is 66.2 Å². The standard InChI is InChI=1S/C27H40N2O5/c1-7-10-12-19-22(23-20(33-5)13-11-14-21(23)34-6)25(30)24(26(31)28-19)27(32)29(16-8-2)17-15-18(4)9-3/h11,13-14,18H,7-10,12,15-17H2,1-6H3,(H2,28,30,31). The normalized spacial score (nSPS) is 11.8. The van der Waals surface area contributed by atoms with E-state index in [9.17, 15) is 14.7 Å². The summed E-state index contributed by atoms with van der Waals surface area (Å²) in [6, 6.07) is 5.32. The number of pyridine rings is 1. The molecule has 0 radical (unpaired) electrons. The number of nitrogens with one attached hydrogen (secondary N) is 1. The molecule has 2 aromatic rings. The number of rotatable bonds is 13. The lowest BCUT2D eigenvalue weighted by molar-refractivity contribution is 0.0742. The van der Waals surface area contributed by atoms with Gasteiger partial charge in [0.1, 0.15) is 22.8 Å². The second-order valence-corrected chi connectivity index (χ2v) is 8.77. The highest BCUT2D eigenvalue weighted by Gasteiger charge is 2.29. The molecule has 1 heterocycles. The van der Waals surface area contributed by atoms with Crippen LogP contribution >= 0.6 is 0 Å². The number of hydrogen-bond donors (Lipinski definition) is 2. The summed E-state index contributed by atoms with van der Waals surface area (Å²) in [5.74, 6) is 0.650. The van der Waals surface area contributed by atoms with Crippen molar-refractivity contribution in [2.24, 2.45) is 5.92 Å². The minimum Gasteiger partial charge on any atom is -0.506 e. The Labute approximate surface area is 203 Å². The highest BCUT2D eigenvalue weighted by atomic mass is 16.5. The van der Waals surface area contributed by atoms with Crippen molar-refractivity contribution in [3.63, 3.8) is 0 Å². The van der Waals surface area contributed by atoms with Gasteiger partial charge >= 0.3 is 0 Å². The lowest BCUT2D eigenvalue weighted by atomic mass is 9.95. The van der Waals surface area contributed by atoms with Crippen molar-refractivity contribution in [1.82, 2.24) is 9.88 Å². The molecule has 188 valence electrons.